The predicted molar refractivity (Wildman–Crippen MR) is 204 cm³/mol. The molecule has 3 amide bonds. The molecule has 0 saturated carbocycles. The summed E-state index contributed by atoms with van der Waals surface area (Å²) in [4.78, 5) is 60.3. The monoisotopic (exact) mass is 786 g/mol. The van der Waals surface area contributed by atoms with Crippen molar-refractivity contribution in [3.05, 3.63) is 53.9 Å². The van der Waals surface area contributed by atoms with Gasteiger partial charge in [0.1, 0.15) is 30.2 Å². The number of nitrogens with zero attached hydrogens (tertiary/aromatic N) is 3. The molecule has 0 aliphatic carbocycles. The van der Waals surface area contributed by atoms with Gasteiger partial charge < -0.3 is 29.3 Å². The summed E-state index contributed by atoms with van der Waals surface area (Å²) in [5.74, 6) is -0.661. The molecule has 14 nitrogen and oxygen atoms in total. The van der Waals surface area contributed by atoms with Crippen LogP contribution in [0.2, 0.25) is 0 Å². The minimum absolute atomic E-state index is 0.00192. The Morgan fingerprint density at radius 1 is 0.891 bits per heavy atom. The van der Waals surface area contributed by atoms with Crippen LogP contribution in [-0.2, 0) is 38.2 Å². The highest BCUT2D eigenvalue weighted by Gasteiger charge is 2.32. The number of nitrogens with one attached hydrogen (secondary N) is 1. The topological polar surface area (TPSA) is 171 Å². The Balaban J connectivity index is 1.32. The van der Waals surface area contributed by atoms with Crippen molar-refractivity contribution in [2.75, 3.05) is 39.4 Å². The number of esters is 1. The third-order valence-corrected chi connectivity index (χ3v) is 10.6. The van der Waals surface area contributed by atoms with Crippen LogP contribution in [0.25, 0.3) is 0 Å². The maximum absolute atomic E-state index is 13.8. The van der Waals surface area contributed by atoms with E-state index < -0.39 is 39.2 Å². The number of pyridine rings is 1. The van der Waals surface area contributed by atoms with Crippen LogP contribution >= 0.6 is 0 Å². The number of carbonyl (C=O) groups excluding carboxylic acids is 4. The fraction of sp³-hybridized carbons (Fsp3) is 0.625. The van der Waals surface area contributed by atoms with Crippen LogP contribution in [0.4, 0.5) is 4.79 Å². The summed E-state index contributed by atoms with van der Waals surface area (Å²) in [5.41, 5.74) is 0.123. The lowest BCUT2D eigenvalue weighted by molar-refractivity contribution is -0.155. The van der Waals surface area contributed by atoms with Crippen LogP contribution in [0.1, 0.15) is 104 Å². The average molecular weight is 787 g/mol. The number of aryl methyl sites for hydroxylation is 1. The van der Waals surface area contributed by atoms with E-state index in [1.54, 1.807) is 48.8 Å². The highest BCUT2D eigenvalue weighted by molar-refractivity contribution is 7.86. The molecule has 0 radical (unpaired) electrons. The van der Waals surface area contributed by atoms with Crippen molar-refractivity contribution >= 4 is 34.0 Å². The van der Waals surface area contributed by atoms with Crippen molar-refractivity contribution in [2.24, 2.45) is 11.8 Å². The first-order valence-electron chi connectivity index (χ1n) is 19.1. The van der Waals surface area contributed by atoms with E-state index in [1.165, 1.54) is 24.5 Å². The van der Waals surface area contributed by atoms with E-state index in [9.17, 15) is 27.6 Å². The van der Waals surface area contributed by atoms with Crippen molar-refractivity contribution in [2.45, 2.75) is 116 Å². The molecule has 2 aliphatic rings. The summed E-state index contributed by atoms with van der Waals surface area (Å²) in [5, 5.41) is 3.01. The second-order valence-electron chi connectivity index (χ2n) is 16.4. The average Bonchev–Trinajstić information content (AvgIpc) is 3.11. The summed E-state index contributed by atoms with van der Waals surface area (Å²) in [6, 6.07) is 7.14. The van der Waals surface area contributed by atoms with Gasteiger partial charge in [-0.05, 0) is 110 Å². The van der Waals surface area contributed by atoms with Gasteiger partial charge in [0.2, 0.25) is 11.8 Å². The first-order chi connectivity index (χ1) is 25.8. The Morgan fingerprint density at radius 3 is 2.22 bits per heavy atom. The van der Waals surface area contributed by atoms with Gasteiger partial charge in [-0.1, -0.05) is 17.7 Å². The quantitative estimate of drug-likeness (QED) is 0.141. The van der Waals surface area contributed by atoms with Crippen molar-refractivity contribution < 1.29 is 46.0 Å². The lowest BCUT2D eigenvalue weighted by Gasteiger charge is -2.35. The molecular formula is C40H58N4O10S. The van der Waals surface area contributed by atoms with Gasteiger partial charge in [0.15, 0.2) is 0 Å². The predicted octanol–water partition coefficient (Wildman–Crippen LogP) is 5.73. The van der Waals surface area contributed by atoms with Gasteiger partial charge in [0.05, 0.1) is 29.5 Å². The first-order valence-corrected chi connectivity index (χ1v) is 20.5. The van der Waals surface area contributed by atoms with Crippen LogP contribution in [0, 0.1) is 18.8 Å². The Kier molecular flexibility index (Phi) is 15.1. The second-order valence-corrected chi connectivity index (χ2v) is 18.0. The molecule has 2 aromatic rings. The molecule has 3 heterocycles. The molecule has 1 aromatic heterocycles. The van der Waals surface area contributed by atoms with Crippen LogP contribution in [-0.4, -0.2) is 97.7 Å². The van der Waals surface area contributed by atoms with Gasteiger partial charge in [0, 0.05) is 38.8 Å². The van der Waals surface area contributed by atoms with Crippen LogP contribution in [0.5, 0.6) is 5.75 Å². The number of likely N-dealkylation sites (tertiary alicyclic amines) is 2. The molecule has 0 bridgehead atoms. The number of hydrogen-bond donors (Lipinski definition) is 1. The third kappa shape index (κ3) is 14.4. The fourth-order valence-electron chi connectivity index (χ4n) is 6.51. The molecule has 1 N–H and O–H groups in total. The standard InChI is InChI=1S/C40H58N4O10S/c1-28-10-13-33(14-11-28)55(49,50)52-22-21-51-32-23-31(25-41-26-32)34(24-36(46)53-39(2,3)4)42-37(47)30-9-8-18-44(27-30)35(45)15-12-29-16-19-43(20-17-29)38(48)54-40(5,6)7/h10-11,13-14,23,25-26,29-30,34H,8-9,12,15-22,24,27H2,1-7H3,(H,42,47). The largest absolute Gasteiger partial charge is 0.490 e. The van der Waals surface area contributed by atoms with E-state index in [0.717, 1.165) is 18.4 Å². The fourth-order valence-corrected chi connectivity index (χ4v) is 7.40. The molecule has 2 saturated heterocycles. The van der Waals surface area contributed by atoms with Crippen molar-refractivity contribution in [3.63, 3.8) is 0 Å². The minimum Gasteiger partial charge on any atom is -0.490 e. The van der Waals surface area contributed by atoms with Gasteiger partial charge in [-0.25, -0.2) is 4.79 Å². The summed E-state index contributed by atoms with van der Waals surface area (Å²) in [6.45, 7) is 14.4. The highest BCUT2D eigenvalue weighted by Crippen LogP contribution is 2.27. The molecule has 304 valence electrons. The number of benzene rings is 1. The Hall–Kier alpha value is -4.24. The maximum Gasteiger partial charge on any atom is 0.410 e. The van der Waals surface area contributed by atoms with E-state index in [0.29, 0.717) is 62.5 Å². The normalized spacial score (nSPS) is 17.6. The smallest absolute Gasteiger partial charge is 0.410 e. The van der Waals surface area contributed by atoms with E-state index in [4.69, 9.17) is 18.4 Å². The molecular weight excluding hydrogens is 729 g/mol. The second kappa shape index (κ2) is 19.1. The van der Waals surface area contributed by atoms with Crippen molar-refractivity contribution in [1.29, 1.82) is 0 Å². The van der Waals surface area contributed by atoms with E-state index in [2.05, 4.69) is 10.3 Å². The van der Waals surface area contributed by atoms with Gasteiger partial charge in [-0.2, -0.15) is 8.42 Å². The molecule has 2 fully saturated rings. The number of carbonyl (C=O) groups is 4. The first kappa shape index (κ1) is 43.5. The number of piperidine rings is 2. The van der Waals surface area contributed by atoms with E-state index in [1.807, 2.05) is 27.7 Å². The van der Waals surface area contributed by atoms with Crippen molar-refractivity contribution in [3.8, 4) is 5.75 Å². The number of hydrogen-bond acceptors (Lipinski definition) is 11. The molecule has 55 heavy (non-hydrogen) atoms. The number of amides is 3. The van der Waals surface area contributed by atoms with E-state index in [-0.39, 0.29) is 49.0 Å². The Labute approximate surface area is 325 Å². The third-order valence-electron chi connectivity index (χ3n) is 9.32. The Morgan fingerprint density at radius 2 is 1.56 bits per heavy atom. The van der Waals surface area contributed by atoms with Crippen LogP contribution in [0.15, 0.2) is 47.6 Å². The van der Waals surface area contributed by atoms with Crippen LogP contribution < -0.4 is 10.1 Å². The summed E-state index contributed by atoms with van der Waals surface area (Å²) in [6.07, 6.45) is 6.44. The number of aromatic nitrogens is 1. The zero-order valence-corrected chi connectivity index (χ0v) is 34.1. The molecule has 1 aromatic carbocycles. The SMILES string of the molecule is Cc1ccc(S(=O)(=O)OCCOc2cncc(C(CC(=O)OC(C)(C)C)NC(=O)C3CCCN(C(=O)CCC4CCN(C(=O)OC(C)(C)C)CC4)C3)c2)cc1. The zero-order valence-electron chi connectivity index (χ0n) is 33.3. The lowest BCUT2D eigenvalue weighted by Crippen LogP contribution is -2.46. The highest BCUT2D eigenvalue weighted by atomic mass is 32.2. The van der Waals surface area contributed by atoms with Gasteiger partial charge in [-0.3, -0.25) is 23.6 Å². The van der Waals surface area contributed by atoms with Gasteiger partial charge in [-0.15, -0.1) is 0 Å². The minimum atomic E-state index is -3.97. The molecule has 4 rings (SSSR count). The van der Waals surface area contributed by atoms with Gasteiger partial charge >= 0.3 is 12.1 Å². The lowest BCUT2D eigenvalue weighted by atomic mass is 9.91. The van der Waals surface area contributed by atoms with E-state index >= 15 is 0 Å². The summed E-state index contributed by atoms with van der Waals surface area (Å²) in [7, 11) is -3.97. The molecule has 2 unspecified atom stereocenters. The number of rotatable bonds is 14. The van der Waals surface area contributed by atoms with Crippen LogP contribution in [0.3, 0.4) is 0 Å². The van der Waals surface area contributed by atoms with Crippen molar-refractivity contribution in [1.82, 2.24) is 20.1 Å². The molecule has 2 atom stereocenters. The Bertz CT molecular complexity index is 1730. The maximum atomic E-state index is 13.8. The zero-order chi connectivity index (χ0) is 40.4. The molecule has 15 heteroatoms. The summed E-state index contributed by atoms with van der Waals surface area (Å²) >= 11 is 0. The molecule has 0 spiro atoms. The van der Waals surface area contributed by atoms with Gasteiger partial charge in [0.25, 0.3) is 10.1 Å². The molecule has 2 aliphatic heterocycles. The number of ether oxygens (including phenoxy) is 3. The summed E-state index contributed by atoms with van der Waals surface area (Å²) < 4.78 is 47.0.